The molecule has 1 atom stereocenters. The number of carbonyl (C=O) groups excluding carboxylic acids is 1. The first-order valence-electron chi connectivity index (χ1n) is 10.1. The molecule has 6 heteroatoms. The van der Waals surface area contributed by atoms with Crippen LogP contribution in [0.15, 0.2) is 23.8 Å². The second-order valence-electron chi connectivity index (χ2n) is 7.86. The maximum Gasteiger partial charge on any atom is 0.186 e. The number of piperidine rings is 1. The Morgan fingerprint density at radius 2 is 2.07 bits per heavy atom. The van der Waals surface area contributed by atoms with Crippen LogP contribution < -0.4 is 10.6 Å². The number of Topliss-reactive ketones (excluding diaryl/α,β-unsaturated/α-hetero) is 1. The Kier molecular flexibility index (Phi) is 5.83. The third-order valence-electron chi connectivity index (χ3n) is 5.79. The van der Waals surface area contributed by atoms with Crippen LogP contribution >= 0.6 is 11.3 Å². The van der Waals surface area contributed by atoms with E-state index in [1.807, 2.05) is 17.6 Å². The molecule has 5 nitrogen and oxygen atoms in total. The van der Waals surface area contributed by atoms with Crippen LogP contribution in [-0.2, 0) is 6.42 Å². The molecule has 27 heavy (non-hydrogen) atoms. The van der Waals surface area contributed by atoms with E-state index >= 15 is 0 Å². The molecule has 0 radical (unpaired) electrons. The van der Waals surface area contributed by atoms with Crippen molar-refractivity contribution in [2.45, 2.75) is 63.3 Å². The van der Waals surface area contributed by atoms with Gasteiger partial charge in [0.15, 0.2) is 5.78 Å². The van der Waals surface area contributed by atoms with E-state index in [9.17, 15) is 4.79 Å². The lowest BCUT2D eigenvalue weighted by molar-refractivity contribution is 0.0988. The first-order chi connectivity index (χ1) is 13.2. The highest BCUT2D eigenvalue weighted by molar-refractivity contribution is 7.09. The molecule has 1 aliphatic heterocycles. The molecule has 0 amide bonds. The normalized spacial score (nSPS) is 21.4. The minimum absolute atomic E-state index is 0.0869. The Balaban J connectivity index is 1.48. The van der Waals surface area contributed by atoms with Crippen LogP contribution in [0.1, 0.15) is 71.9 Å². The molecule has 1 saturated carbocycles. The van der Waals surface area contributed by atoms with Crippen LogP contribution in [0.5, 0.6) is 0 Å². The van der Waals surface area contributed by atoms with Gasteiger partial charge in [-0.25, -0.2) is 4.98 Å². The summed E-state index contributed by atoms with van der Waals surface area (Å²) in [6.45, 7) is 1.83. The molecule has 2 aromatic rings. The van der Waals surface area contributed by atoms with Gasteiger partial charge in [0.25, 0.3) is 0 Å². The van der Waals surface area contributed by atoms with Gasteiger partial charge in [-0.1, -0.05) is 19.3 Å². The summed E-state index contributed by atoms with van der Waals surface area (Å²) in [4.78, 5) is 24.1. The van der Waals surface area contributed by atoms with Gasteiger partial charge in [-0.15, -0.1) is 11.3 Å². The van der Waals surface area contributed by atoms with Crippen molar-refractivity contribution in [3.05, 3.63) is 40.1 Å². The fourth-order valence-corrected chi connectivity index (χ4v) is 5.31. The summed E-state index contributed by atoms with van der Waals surface area (Å²) in [6.07, 6.45) is 12.4. The molecule has 2 fully saturated rings. The summed E-state index contributed by atoms with van der Waals surface area (Å²) >= 11 is 1.65. The number of ketones is 1. The summed E-state index contributed by atoms with van der Waals surface area (Å²) in [5, 5.41) is 3.09. The smallest absolute Gasteiger partial charge is 0.186 e. The Morgan fingerprint density at radius 3 is 2.89 bits per heavy atom. The number of nitrogens with two attached hydrogens (primary N) is 1. The fourth-order valence-electron chi connectivity index (χ4n) is 4.31. The van der Waals surface area contributed by atoms with Gasteiger partial charge in [-0.3, -0.25) is 9.78 Å². The number of nitrogens with zero attached hydrogens (tertiary/aromatic N) is 3. The van der Waals surface area contributed by atoms with Crippen molar-refractivity contribution >= 4 is 22.8 Å². The van der Waals surface area contributed by atoms with Crippen molar-refractivity contribution in [3.63, 3.8) is 0 Å². The van der Waals surface area contributed by atoms with Gasteiger partial charge in [-0.05, 0) is 31.7 Å². The molecule has 0 spiro atoms. The molecular weight excluding hydrogens is 356 g/mol. The molecule has 144 valence electrons. The zero-order valence-electron chi connectivity index (χ0n) is 15.8. The molecule has 1 saturated heterocycles. The molecule has 0 aromatic carbocycles. The third-order valence-corrected chi connectivity index (χ3v) is 6.80. The number of pyridine rings is 1. The first-order valence-corrected chi connectivity index (χ1v) is 11.0. The summed E-state index contributed by atoms with van der Waals surface area (Å²) in [7, 11) is 0. The van der Waals surface area contributed by atoms with Crippen LogP contribution in [0.4, 0.5) is 5.69 Å². The first kappa shape index (κ1) is 18.6. The van der Waals surface area contributed by atoms with Gasteiger partial charge in [-0.2, -0.15) is 0 Å². The number of hydrogen-bond donors (Lipinski definition) is 1. The minimum atomic E-state index is 0.0869. The number of rotatable bonds is 5. The quantitative estimate of drug-likeness (QED) is 0.791. The van der Waals surface area contributed by atoms with Gasteiger partial charge in [0, 0.05) is 60.5 Å². The highest BCUT2D eigenvalue weighted by Crippen LogP contribution is 2.34. The minimum Gasteiger partial charge on any atom is -0.370 e. The largest absolute Gasteiger partial charge is 0.370 e. The van der Waals surface area contributed by atoms with Crippen molar-refractivity contribution in [3.8, 4) is 0 Å². The summed E-state index contributed by atoms with van der Waals surface area (Å²) in [6, 6.07) is 2.21. The van der Waals surface area contributed by atoms with E-state index in [1.165, 1.54) is 32.1 Å². The van der Waals surface area contributed by atoms with E-state index in [0.29, 0.717) is 18.0 Å². The molecule has 2 N–H and O–H groups in total. The topological polar surface area (TPSA) is 72.1 Å². The molecule has 0 bridgehead atoms. The van der Waals surface area contributed by atoms with Crippen molar-refractivity contribution in [2.75, 3.05) is 18.0 Å². The van der Waals surface area contributed by atoms with E-state index in [0.717, 1.165) is 42.2 Å². The molecule has 0 unspecified atom stereocenters. The van der Waals surface area contributed by atoms with Gasteiger partial charge < -0.3 is 10.6 Å². The summed E-state index contributed by atoms with van der Waals surface area (Å²) in [5.41, 5.74) is 8.83. The van der Waals surface area contributed by atoms with E-state index in [2.05, 4.69) is 9.88 Å². The van der Waals surface area contributed by atoms with Gasteiger partial charge in [0.2, 0.25) is 0 Å². The van der Waals surface area contributed by atoms with E-state index in [1.54, 1.807) is 17.5 Å². The number of aromatic nitrogens is 2. The number of thiazole rings is 1. The lowest BCUT2D eigenvalue weighted by Gasteiger charge is -2.33. The monoisotopic (exact) mass is 384 g/mol. The van der Waals surface area contributed by atoms with Crippen LogP contribution in [0.2, 0.25) is 0 Å². The highest BCUT2D eigenvalue weighted by Gasteiger charge is 2.23. The van der Waals surface area contributed by atoms with Gasteiger partial charge in [0.1, 0.15) is 5.69 Å². The second kappa shape index (κ2) is 8.48. The second-order valence-corrected chi connectivity index (χ2v) is 8.75. The Labute approximate surface area is 165 Å². The summed E-state index contributed by atoms with van der Waals surface area (Å²) in [5.74, 6) is 0.637. The van der Waals surface area contributed by atoms with Gasteiger partial charge >= 0.3 is 0 Å². The number of anilines is 1. The van der Waals surface area contributed by atoms with Crippen molar-refractivity contribution in [1.82, 2.24) is 9.97 Å². The van der Waals surface area contributed by atoms with E-state index < -0.39 is 0 Å². The average Bonchev–Trinajstić information content (AvgIpc) is 3.19. The van der Waals surface area contributed by atoms with E-state index in [-0.39, 0.29) is 11.8 Å². The number of carbonyl (C=O) groups is 1. The third kappa shape index (κ3) is 4.38. The van der Waals surface area contributed by atoms with Crippen molar-refractivity contribution < 1.29 is 4.79 Å². The van der Waals surface area contributed by atoms with Crippen LogP contribution in [0, 0.1) is 0 Å². The zero-order valence-corrected chi connectivity index (χ0v) is 16.6. The van der Waals surface area contributed by atoms with E-state index in [4.69, 9.17) is 10.7 Å². The van der Waals surface area contributed by atoms with Gasteiger partial charge in [0.05, 0.1) is 5.01 Å². The lowest BCUT2D eigenvalue weighted by Crippen LogP contribution is -2.43. The van der Waals surface area contributed by atoms with Crippen molar-refractivity contribution in [2.24, 2.45) is 5.73 Å². The molecule has 2 aliphatic rings. The number of hydrogen-bond acceptors (Lipinski definition) is 6. The maximum absolute atomic E-state index is 12.9. The SMILES string of the molecule is N[C@H]1CCCN(c2ccncc2CC(=O)c2csc(C3CCCCC3)n2)C1. The molecule has 3 heterocycles. The fraction of sp³-hybridized carbons (Fsp3) is 0.571. The Hall–Kier alpha value is -1.79. The predicted octanol–water partition coefficient (Wildman–Crippen LogP) is 3.94. The zero-order chi connectivity index (χ0) is 18.6. The maximum atomic E-state index is 12.9. The standard InChI is InChI=1S/C21H28N4OS/c22-17-7-4-10-25(13-17)19-8-9-23-12-16(19)11-20(26)18-14-27-21(24-18)15-5-2-1-3-6-15/h8-9,12,14-15,17H,1-7,10-11,13,22H2/t17-/m0/s1. The van der Waals surface area contributed by atoms with Crippen molar-refractivity contribution in [1.29, 1.82) is 0 Å². The molecule has 1 aliphatic carbocycles. The Morgan fingerprint density at radius 1 is 1.22 bits per heavy atom. The summed E-state index contributed by atoms with van der Waals surface area (Å²) < 4.78 is 0. The molecule has 4 rings (SSSR count). The van der Waals surface area contributed by atoms with Crippen LogP contribution in [0.25, 0.3) is 0 Å². The average molecular weight is 385 g/mol. The molecule has 2 aromatic heterocycles. The van der Waals surface area contributed by atoms with Crippen LogP contribution in [-0.4, -0.2) is 34.9 Å². The lowest BCUT2D eigenvalue weighted by atomic mass is 9.90. The highest BCUT2D eigenvalue weighted by atomic mass is 32.1. The Bertz CT molecular complexity index is 784. The predicted molar refractivity (Wildman–Crippen MR) is 110 cm³/mol. The molecular formula is C21H28N4OS. The van der Waals surface area contributed by atoms with Crippen LogP contribution in [0.3, 0.4) is 0 Å².